The molecule has 1 aliphatic heterocycles. The van der Waals surface area contributed by atoms with Gasteiger partial charge in [0.25, 0.3) is 0 Å². The lowest BCUT2D eigenvalue weighted by Gasteiger charge is -2.33. The fourth-order valence-electron chi connectivity index (χ4n) is 4.56. The minimum absolute atomic E-state index is 0.0706. The lowest BCUT2D eigenvalue weighted by molar-refractivity contribution is -0.191. The largest absolute Gasteiger partial charge is 0.414 e. The van der Waals surface area contributed by atoms with Gasteiger partial charge < -0.3 is 10.2 Å². The number of thioether (sulfide) groups is 1. The van der Waals surface area contributed by atoms with Crippen molar-refractivity contribution in [3.63, 3.8) is 0 Å². The number of halogens is 5. The van der Waals surface area contributed by atoms with E-state index in [1.54, 1.807) is 17.8 Å². The maximum atomic E-state index is 13.9. The van der Waals surface area contributed by atoms with Crippen LogP contribution in [0.3, 0.4) is 0 Å². The van der Waals surface area contributed by atoms with Crippen molar-refractivity contribution >= 4 is 35.0 Å². The maximum Gasteiger partial charge on any atom is 0.414 e. The predicted octanol–water partition coefficient (Wildman–Crippen LogP) is 5.66. The Hall–Kier alpha value is -2.00. The summed E-state index contributed by atoms with van der Waals surface area (Å²) >= 11 is 7.77. The Bertz CT molecular complexity index is 1010. The number of carbonyl (C=O) groups excluding carboxylic acids is 1. The van der Waals surface area contributed by atoms with Crippen LogP contribution < -0.4 is 5.32 Å². The topological polar surface area (TPSA) is 45.2 Å². The molecule has 0 saturated carbocycles. The van der Waals surface area contributed by atoms with Gasteiger partial charge in [0.2, 0.25) is 5.91 Å². The average molecular weight is 502 g/mol. The molecule has 2 atom stereocenters. The molecule has 2 heterocycles. The molecule has 1 N–H and O–H groups in total. The molecule has 0 bridgehead atoms. The van der Waals surface area contributed by atoms with Gasteiger partial charge in [0.1, 0.15) is 5.82 Å². The van der Waals surface area contributed by atoms with Gasteiger partial charge in [0.15, 0.2) is 6.04 Å². The van der Waals surface area contributed by atoms with Gasteiger partial charge in [0.05, 0.1) is 22.6 Å². The zero-order valence-corrected chi connectivity index (χ0v) is 19.5. The van der Waals surface area contributed by atoms with E-state index in [1.807, 2.05) is 0 Å². The zero-order chi connectivity index (χ0) is 23.8. The van der Waals surface area contributed by atoms with Crippen LogP contribution in [0.15, 0.2) is 30.5 Å². The normalized spacial score (nSPS) is 19.8. The second-order valence-electron chi connectivity index (χ2n) is 8.50. The average Bonchev–Trinajstić information content (AvgIpc) is 3.20. The number of carbonyl (C=O) groups is 1. The summed E-state index contributed by atoms with van der Waals surface area (Å²) in [7, 11) is 1.20. The first-order valence-electron chi connectivity index (χ1n) is 10.7. The highest BCUT2D eigenvalue weighted by molar-refractivity contribution is 7.99. The molecule has 4 rings (SSSR count). The van der Waals surface area contributed by atoms with Crippen LogP contribution in [0, 0.1) is 11.7 Å². The van der Waals surface area contributed by atoms with E-state index in [2.05, 4.69) is 10.3 Å². The third kappa shape index (κ3) is 5.24. The molecule has 0 spiro atoms. The number of nitrogens with zero attached hydrogens (tertiary/aromatic N) is 2. The minimum atomic E-state index is -4.65. The predicted molar refractivity (Wildman–Crippen MR) is 122 cm³/mol. The molecule has 178 valence electrons. The van der Waals surface area contributed by atoms with E-state index >= 15 is 0 Å². The molecule has 1 unspecified atom stereocenters. The van der Waals surface area contributed by atoms with E-state index in [1.165, 1.54) is 31.4 Å². The van der Waals surface area contributed by atoms with Crippen molar-refractivity contribution in [3.8, 4) is 0 Å². The quantitative estimate of drug-likeness (QED) is 0.537. The summed E-state index contributed by atoms with van der Waals surface area (Å²) in [6, 6.07) is 3.69. The number of anilines is 1. The van der Waals surface area contributed by atoms with Crippen LogP contribution in [0.1, 0.15) is 35.7 Å². The van der Waals surface area contributed by atoms with Crippen molar-refractivity contribution < 1.29 is 22.4 Å². The van der Waals surface area contributed by atoms with Gasteiger partial charge in [-0.1, -0.05) is 17.7 Å². The molecule has 1 aliphatic carbocycles. The Morgan fingerprint density at radius 2 is 1.94 bits per heavy atom. The number of pyridine rings is 1. The van der Waals surface area contributed by atoms with Crippen LogP contribution in [-0.4, -0.2) is 46.6 Å². The molecular formula is C23H24ClF4N3OS. The first kappa shape index (κ1) is 24.1. The molecule has 1 aromatic heterocycles. The number of alkyl halides is 3. The Balaban J connectivity index is 1.47. The van der Waals surface area contributed by atoms with Crippen molar-refractivity contribution in [2.75, 3.05) is 23.9 Å². The van der Waals surface area contributed by atoms with Gasteiger partial charge >= 0.3 is 6.18 Å². The minimum Gasteiger partial charge on any atom is -0.380 e. The highest BCUT2D eigenvalue weighted by Crippen LogP contribution is 2.38. The van der Waals surface area contributed by atoms with Crippen molar-refractivity contribution in [1.82, 2.24) is 9.88 Å². The summed E-state index contributed by atoms with van der Waals surface area (Å²) in [6.45, 7) is 0. The fraction of sp³-hybridized carbons (Fsp3) is 0.478. The van der Waals surface area contributed by atoms with Crippen molar-refractivity contribution in [2.24, 2.45) is 5.92 Å². The van der Waals surface area contributed by atoms with Gasteiger partial charge in [0, 0.05) is 19.0 Å². The van der Waals surface area contributed by atoms with Crippen LogP contribution in [0.2, 0.25) is 5.02 Å². The number of nitrogens with one attached hydrogen (secondary N) is 1. The number of rotatable bonds is 5. The lowest BCUT2D eigenvalue weighted by Crippen LogP contribution is -2.43. The van der Waals surface area contributed by atoms with Crippen molar-refractivity contribution in [1.29, 1.82) is 0 Å². The van der Waals surface area contributed by atoms with E-state index in [9.17, 15) is 22.4 Å². The lowest BCUT2D eigenvalue weighted by atomic mass is 9.99. The van der Waals surface area contributed by atoms with E-state index in [0.717, 1.165) is 27.5 Å². The highest BCUT2D eigenvalue weighted by atomic mass is 35.5. The fourth-order valence-corrected chi connectivity index (χ4v) is 5.93. The SMILES string of the molecule is CN(C(=O)C1CCSCC1)[C@@H](c1ccc(NC2Cc3ccc(F)c(Cl)c3C2)cn1)C(F)(F)F. The standard InChI is InChI=1S/C23H24ClF4N3OS/c1-31(22(32)13-6-8-33-9-7-13)21(23(26,27)28)19-5-3-15(12-29-19)30-16-10-14-2-4-18(25)20(24)17(14)11-16/h2-5,12-13,16,21,30H,6-11H2,1H3/t16?,21-/m0/s1. The molecule has 1 fully saturated rings. The molecule has 1 aromatic carbocycles. The van der Waals surface area contributed by atoms with Crippen LogP contribution in [0.25, 0.3) is 0 Å². The molecule has 1 saturated heterocycles. The number of benzene rings is 1. The molecular weight excluding hydrogens is 478 g/mol. The molecule has 2 aliphatic rings. The number of hydrogen-bond acceptors (Lipinski definition) is 4. The first-order chi connectivity index (χ1) is 15.6. The molecule has 0 radical (unpaired) electrons. The summed E-state index contributed by atoms with van der Waals surface area (Å²) in [4.78, 5) is 17.6. The summed E-state index contributed by atoms with van der Waals surface area (Å²) in [5, 5.41) is 3.35. The number of amides is 1. The number of aromatic nitrogens is 1. The number of fused-ring (bicyclic) bond motifs is 1. The summed E-state index contributed by atoms with van der Waals surface area (Å²) in [5.41, 5.74) is 2.01. The number of hydrogen-bond donors (Lipinski definition) is 1. The van der Waals surface area contributed by atoms with E-state index in [0.29, 0.717) is 31.4 Å². The Morgan fingerprint density at radius 3 is 2.58 bits per heavy atom. The molecule has 33 heavy (non-hydrogen) atoms. The Kier molecular flexibility index (Phi) is 7.09. The molecule has 2 aromatic rings. The van der Waals surface area contributed by atoms with Gasteiger partial charge in [-0.25, -0.2) is 4.39 Å². The van der Waals surface area contributed by atoms with Crippen LogP contribution in [-0.2, 0) is 17.6 Å². The van der Waals surface area contributed by atoms with Gasteiger partial charge in [-0.3, -0.25) is 9.78 Å². The summed E-state index contributed by atoms with van der Waals surface area (Å²) < 4.78 is 55.5. The first-order valence-corrected chi connectivity index (χ1v) is 12.3. The second-order valence-corrected chi connectivity index (χ2v) is 10.1. The van der Waals surface area contributed by atoms with Crippen LogP contribution >= 0.6 is 23.4 Å². The zero-order valence-electron chi connectivity index (χ0n) is 18.0. The van der Waals surface area contributed by atoms with Gasteiger partial charge in [-0.15, -0.1) is 0 Å². The van der Waals surface area contributed by atoms with Gasteiger partial charge in [-0.2, -0.15) is 24.9 Å². The third-order valence-corrected chi connectivity index (χ3v) is 7.72. The summed E-state index contributed by atoms with van der Waals surface area (Å²) in [6.07, 6.45) is -0.994. The summed E-state index contributed by atoms with van der Waals surface area (Å²) in [5.74, 6) is 0.216. The second kappa shape index (κ2) is 9.70. The smallest absolute Gasteiger partial charge is 0.380 e. The highest BCUT2D eigenvalue weighted by Gasteiger charge is 2.47. The van der Waals surface area contributed by atoms with Crippen LogP contribution in [0.4, 0.5) is 23.2 Å². The molecule has 1 amide bonds. The Morgan fingerprint density at radius 1 is 1.21 bits per heavy atom. The monoisotopic (exact) mass is 501 g/mol. The van der Waals surface area contributed by atoms with Gasteiger partial charge in [-0.05, 0) is 66.5 Å². The molecule has 4 nitrogen and oxygen atoms in total. The third-order valence-electron chi connectivity index (χ3n) is 6.26. The van der Waals surface area contributed by atoms with E-state index < -0.39 is 23.9 Å². The van der Waals surface area contributed by atoms with Crippen molar-refractivity contribution in [2.45, 2.75) is 43.9 Å². The van der Waals surface area contributed by atoms with E-state index in [4.69, 9.17) is 11.6 Å². The van der Waals surface area contributed by atoms with Crippen LogP contribution in [0.5, 0.6) is 0 Å². The Labute approximate surface area is 199 Å². The van der Waals surface area contributed by atoms with E-state index in [-0.39, 0.29) is 22.7 Å². The van der Waals surface area contributed by atoms with Crippen molar-refractivity contribution in [3.05, 3.63) is 58.1 Å². The molecule has 10 heteroatoms. The maximum absolute atomic E-state index is 13.9.